The van der Waals surface area contributed by atoms with E-state index in [9.17, 15) is 22.8 Å². The first-order chi connectivity index (χ1) is 25.8. The highest BCUT2D eigenvalue weighted by molar-refractivity contribution is 6.08. The number of piperazine rings is 1. The second-order valence-corrected chi connectivity index (χ2v) is 15.3. The van der Waals surface area contributed by atoms with Crippen LogP contribution in [0.25, 0.3) is 5.57 Å². The van der Waals surface area contributed by atoms with Gasteiger partial charge in [0.2, 0.25) is 5.91 Å². The second kappa shape index (κ2) is 16.1. The highest BCUT2D eigenvalue weighted by Crippen LogP contribution is 2.51. The lowest BCUT2D eigenvalue weighted by atomic mass is 9.74. The van der Waals surface area contributed by atoms with Crippen molar-refractivity contribution < 1.29 is 37.0 Å². The van der Waals surface area contributed by atoms with Gasteiger partial charge in [-0.2, -0.15) is 13.2 Å². The highest BCUT2D eigenvalue weighted by Gasteiger charge is 2.48. The van der Waals surface area contributed by atoms with Gasteiger partial charge in [0.05, 0.1) is 31.7 Å². The molecule has 2 saturated heterocycles. The summed E-state index contributed by atoms with van der Waals surface area (Å²) in [4.78, 5) is 34.0. The van der Waals surface area contributed by atoms with Crippen LogP contribution in [0.3, 0.4) is 0 Å². The van der Waals surface area contributed by atoms with Crippen molar-refractivity contribution in [1.82, 2.24) is 15.1 Å². The molecule has 0 radical (unpaired) electrons. The Bertz CT molecular complexity index is 1730. The van der Waals surface area contributed by atoms with Crippen LogP contribution >= 0.6 is 0 Å². The molecular weight excluding hydrogens is 701 g/mol. The van der Waals surface area contributed by atoms with Crippen molar-refractivity contribution in [3.05, 3.63) is 53.2 Å². The van der Waals surface area contributed by atoms with Crippen molar-refractivity contribution in [3.63, 3.8) is 0 Å². The van der Waals surface area contributed by atoms with Crippen LogP contribution in [0.15, 0.2) is 36.5 Å². The Kier molecular flexibility index (Phi) is 11.7. The quantitative estimate of drug-likeness (QED) is 0.212. The molecule has 4 fully saturated rings. The van der Waals surface area contributed by atoms with Gasteiger partial charge in [-0.25, -0.2) is 0 Å². The minimum atomic E-state index is -4.68. The smallest absolute Gasteiger partial charge is 0.416 e. The standard InChI is InChI=1S/C40H53F3N6O5/c1-39(2,38(51)47-19-16-46-17-20-47)54-33-15-14-32(52-3)35(36(33)53-4)48-18-6-9-27(24-48)37(50)49(29-11-12-29)34(25-7-5-8-25)30-13-10-26(28(22-44)23-45)21-31(30)40(41,42)43/h10,13-15,21-23,25,27,29,34,44,46H,5-9,11-12,16-20,24,45H2,1-4H3/b28-23+,44-22?/t27-,34?/m1/s1. The van der Waals surface area contributed by atoms with Crippen LogP contribution in [0.2, 0.25) is 0 Å². The molecule has 0 aromatic heterocycles. The van der Waals surface area contributed by atoms with Crippen molar-refractivity contribution in [3.8, 4) is 17.2 Å². The number of nitrogens with zero attached hydrogens (tertiary/aromatic N) is 3. The van der Waals surface area contributed by atoms with Gasteiger partial charge in [0.15, 0.2) is 17.1 Å². The number of alkyl halides is 3. The van der Waals surface area contributed by atoms with Gasteiger partial charge in [-0.3, -0.25) is 9.59 Å². The van der Waals surface area contributed by atoms with E-state index in [-0.39, 0.29) is 40.5 Å². The van der Waals surface area contributed by atoms with Crippen LogP contribution in [0.5, 0.6) is 17.2 Å². The lowest BCUT2D eigenvalue weighted by Gasteiger charge is -2.45. The number of hydrogen-bond donors (Lipinski definition) is 3. The van der Waals surface area contributed by atoms with Gasteiger partial charge in [-0.1, -0.05) is 18.6 Å². The van der Waals surface area contributed by atoms with Gasteiger partial charge in [-0.05, 0) is 87.6 Å². The topological polar surface area (TPSA) is 133 Å². The molecule has 1 unspecified atom stereocenters. The van der Waals surface area contributed by atoms with E-state index in [4.69, 9.17) is 25.4 Å². The van der Waals surface area contributed by atoms with Gasteiger partial charge < -0.3 is 45.4 Å². The molecule has 294 valence electrons. The summed E-state index contributed by atoms with van der Waals surface area (Å²) in [5.74, 6) is 0.365. The van der Waals surface area contributed by atoms with E-state index in [1.165, 1.54) is 13.2 Å². The molecular formula is C40H53F3N6O5. The number of halogens is 3. The molecule has 54 heavy (non-hydrogen) atoms. The van der Waals surface area contributed by atoms with Crippen LogP contribution in [-0.2, 0) is 15.8 Å². The number of amides is 2. The number of benzene rings is 2. The molecule has 2 aliphatic heterocycles. The fraction of sp³-hybridized carbons (Fsp3) is 0.575. The van der Waals surface area contributed by atoms with E-state index in [1.54, 1.807) is 49.0 Å². The fourth-order valence-corrected chi connectivity index (χ4v) is 8.19. The van der Waals surface area contributed by atoms with Gasteiger partial charge in [0.25, 0.3) is 5.91 Å². The highest BCUT2D eigenvalue weighted by atomic mass is 19.4. The number of allylic oxidation sites excluding steroid dienone is 1. The van der Waals surface area contributed by atoms with Crippen molar-refractivity contribution >= 4 is 29.3 Å². The summed E-state index contributed by atoms with van der Waals surface area (Å²) >= 11 is 0. The van der Waals surface area contributed by atoms with E-state index in [0.29, 0.717) is 75.0 Å². The number of anilines is 1. The number of carbonyl (C=O) groups excluding carboxylic acids is 2. The van der Waals surface area contributed by atoms with Crippen molar-refractivity contribution in [2.24, 2.45) is 17.6 Å². The maximum atomic E-state index is 14.9. The zero-order valence-electron chi connectivity index (χ0n) is 31.6. The first-order valence-electron chi connectivity index (χ1n) is 19.0. The number of nitrogens with two attached hydrogens (primary N) is 1. The molecule has 2 heterocycles. The maximum absolute atomic E-state index is 14.9. The summed E-state index contributed by atoms with van der Waals surface area (Å²) in [7, 11) is 3.08. The minimum absolute atomic E-state index is 0.0939. The predicted molar refractivity (Wildman–Crippen MR) is 201 cm³/mol. The molecule has 2 saturated carbocycles. The van der Waals surface area contributed by atoms with Crippen LogP contribution in [0.4, 0.5) is 18.9 Å². The summed E-state index contributed by atoms with van der Waals surface area (Å²) < 4.78 is 62.8. The first kappa shape index (κ1) is 39.2. The van der Waals surface area contributed by atoms with Gasteiger partial charge in [-0.15, -0.1) is 0 Å². The molecule has 0 spiro atoms. The molecule has 6 rings (SSSR count). The van der Waals surface area contributed by atoms with Crippen molar-refractivity contribution in [2.45, 2.75) is 82.7 Å². The van der Waals surface area contributed by atoms with E-state index < -0.39 is 29.3 Å². The zero-order chi connectivity index (χ0) is 38.8. The molecule has 2 amide bonds. The molecule has 0 bridgehead atoms. The third-order valence-corrected chi connectivity index (χ3v) is 11.3. The Balaban J connectivity index is 1.32. The molecule has 14 heteroatoms. The summed E-state index contributed by atoms with van der Waals surface area (Å²) in [6.45, 7) is 6.94. The Labute approximate surface area is 315 Å². The maximum Gasteiger partial charge on any atom is 0.416 e. The van der Waals surface area contributed by atoms with Gasteiger partial charge >= 0.3 is 6.18 Å². The number of ether oxygens (including phenoxy) is 3. The Hall–Kier alpha value is -4.46. The third-order valence-electron chi connectivity index (χ3n) is 11.3. The normalized spacial score (nSPS) is 20.5. The van der Waals surface area contributed by atoms with Crippen molar-refractivity contribution in [2.75, 3.05) is 58.4 Å². The largest absolute Gasteiger partial charge is 0.494 e. The third kappa shape index (κ3) is 7.99. The molecule has 2 aliphatic carbocycles. The lowest BCUT2D eigenvalue weighted by molar-refractivity contribution is -0.146. The zero-order valence-corrected chi connectivity index (χ0v) is 31.6. The van der Waals surface area contributed by atoms with E-state index in [0.717, 1.165) is 50.6 Å². The van der Waals surface area contributed by atoms with Gasteiger partial charge in [0.1, 0.15) is 11.4 Å². The molecule has 4 aliphatic rings. The van der Waals surface area contributed by atoms with Crippen LogP contribution in [0, 0.1) is 17.2 Å². The number of carbonyl (C=O) groups is 2. The Morgan fingerprint density at radius 3 is 2.26 bits per heavy atom. The van der Waals surface area contributed by atoms with Gasteiger partial charge in [0, 0.05) is 63.3 Å². The molecule has 2 aromatic carbocycles. The SMILES string of the molecule is COc1ccc(OC(C)(C)C(=O)N2CCNCC2)c(OC)c1N1CCC[C@@H](C(=O)N(C2CC2)C(c2ccc(/C(C=N)=C/N)cc2C(F)(F)F)C2CCC2)C1. The predicted octanol–water partition coefficient (Wildman–Crippen LogP) is 6.01. The van der Waals surface area contributed by atoms with E-state index >= 15 is 0 Å². The molecule has 11 nitrogen and oxygen atoms in total. The summed E-state index contributed by atoms with van der Waals surface area (Å²) in [6.07, 6.45) is 2.47. The van der Waals surface area contributed by atoms with Crippen LogP contribution in [0.1, 0.15) is 81.5 Å². The molecule has 2 atom stereocenters. The van der Waals surface area contributed by atoms with Crippen molar-refractivity contribution in [1.29, 1.82) is 5.41 Å². The van der Waals surface area contributed by atoms with E-state index in [1.807, 2.05) is 4.90 Å². The minimum Gasteiger partial charge on any atom is -0.494 e. The van der Waals surface area contributed by atoms with Crippen LogP contribution in [-0.4, -0.2) is 93.0 Å². The average molecular weight is 755 g/mol. The average Bonchev–Trinajstić information content (AvgIpc) is 3.99. The number of rotatable bonds is 13. The Morgan fingerprint density at radius 1 is 0.981 bits per heavy atom. The second-order valence-electron chi connectivity index (χ2n) is 15.3. The molecule has 4 N–H and O–H groups in total. The summed E-state index contributed by atoms with van der Waals surface area (Å²) in [5, 5.41) is 10.9. The number of hydrogen-bond acceptors (Lipinski definition) is 9. The van der Waals surface area contributed by atoms with Crippen LogP contribution < -0.4 is 30.2 Å². The molecule has 2 aromatic rings. The monoisotopic (exact) mass is 754 g/mol. The number of piperidine rings is 1. The summed E-state index contributed by atoms with van der Waals surface area (Å²) in [5.41, 5.74) is 4.72. The Morgan fingerprint density at radius 2 is 1.69 bits per heavy atom. The summed E-state index contributed by atoms with van der Waals surface area (Å²) in [6, 6.07) is 6.73. The first-order valence-corrected chi connectivity index (χ1v) is 19.0. The van der Waals surface area contributed by atoms with E-state index in [2.05, 4.69) is 5.32 Å². The number of nitrogens with one attached hydrogen (secondary N) is 2. The lowest BCUT2D eigenvalue weighted by Crippen LogP contribution is -2.54. The number of methoxy groups -OCH3 is 2. The fourth-order valence-electron chi connectivity index (χ4n) is 8.19.